The van der Waals surface area contributed by atoms with Crippen LogP contribution in [-0.4, -0.2) is 68.7 Å². The van der Waals surface area contributed by atoms with E-state index in [4.69, 9.17) is 5.73 Å². The second-order valence-electron chi connectivity index (χ2n) is 8.83. The summed E-state index contributed by atoms with van der Waals surface area (Å²) in [6.07, 6.45) is 3.86. The number of benzene rings is 1. The van der Waals surface area contributed by atoms with Gasteiger partial charge in [0, 0.05) is 57.1 Å². The lowest BCUT2D eigenvalue weighted by atomic mass is 9.94. The van der Waals surface area contributed by atoms with Crippen molar-refractivity contribution in [2.24, 2.45) is 11.7 Å². The van der Waals surface area contributed by atoms with E-state index in [1.165, 1.54) is 18.5 Å². The Kier molecular flexibility index (Phi) is 6.32. The summed E-state index contributed by atoms with van der Waals surface area (Å²) in [5, 5.41) is 0. The molecule has 3 heterocycles. The molecular weight excluding hydrogens is 517 g/mol. The molecule has 0 saturated carbocycles. The molecule has 10 heteroatoms. The maximum atomic E-state index is 14.1. The zero-order valence-corrected chi connectivity index (χ0v) is 19.8. The van der Waals surface area contributed by atoms with Gasteiger partial charge in [-0.2, -0.15) is 0 Å². The first-order valence-electron chi connectivity index (χ1n) is 10.5. The van der Waals surface area contributed by atoms with E-state index in [1.807, 2.05) is 0 Å². The number of piperidine rings is 1. The molecule has 4 rings (SSSR count). The van der Waals surface area contributed by atoms with E-state index in [2.05, 4.69) is 49.6 Å². The molecule has 2 aliphatic rings. The molecule has 2 saturated heterocycles. The predicted molar refractivity (Wildman–Crippen MR) is 124 cm³/mol. The summed E-state index contributed by atoms with van der Waals surface area (Å²) in [6.45, 7) is 6.28. The molecule has 0 aliphatic carbocycles. The van der Waals surface area contributed by atoms with Gasteiger partial charge in [-0.1, -0.05) is 6.92 Å². The molecule has 0 bridgehead atoms. The predicted octanol–water partition coefficient (Wildman–Crippen LogP) is 2.78. The van der Waals surface area contributed by atoms with Crippen molar-refractivity contribution in [1.82, 2.24) is 18.0 Å². The van der Waals surface area contributed by atoms with Crippen molar-refractivity contribution in [3.8, 4) is 0 Å². The smallest absolute Gasteiger partial charge is 0.272 e. The van der Waals surface area contributed by atoms with Gasteiger partial charge >= 0.3 is 0 Å². The number of hydrogen-bond donors (Lipinski definition) is 1. The SMILES string of the molecule is C[C@H]1C[C@@H](N(I)C(=O)CN2CC(N)C2)CN(c2ccc(C(C)(F)F)c3nccnc23)C1. The van der Waals surface area contributed by atoms with Crippen LogP contribution in [0.3, 0.4) is 0 Å². The number of alkyl halides is 2. The van der Waals surface area contributed by atoms with E-state index >= 15 is 0 Å². The lowest BCUT2D eigenvalue weighted by molar-refractivity contribution is -0.129. The molecule has 0 spiro atoms. The summed E-state index contributed by atoms with van der Waals surface area (Å²) in [6, 6.07) is 3.33. The number of aromatic nitrogens is 2. The lowest BCUT2D eigenvalue weighted by Crippen LogP contribution is -2.58. The van der Waals surface area contributed by atoms with Crippen LogP contribution in [0.1, 0.15) is 25.8 Å². The molecule has 2 N–H and O–H groups in total. The van der Waals surface area contributed by atoms with Gasteiger partial charge in [0.1, 0.15) is 5.52 Å². The number of amides is 1. The summed E-state index contributed by atoms with van der Waals surface area (Å²) < 4.78 is 30.0. The Morgan fingerprint density at radius 3 is 2.55 bits per heavy atom. The van der Waals surface area contributed by atoms with Crippen molar-refractivity contribution in [1.29, 1.82) is 0 Å². The van der Waals surface area contributed by atoms with Crippen molar-refractivity contribution >= 4 is 45.5 Å². The third-order valence-corrected chi connectivity index (χ3v) is 7.28. The Balaban J connectivity index is 1.57. The van der Waals surface area contributed by atoms with Crippen LogP contribution >= 0.6 is 22.9 Å². The first-order chi connectivity index (χ1) is 14.6. The van der Waals surface area contributed by atoms with Gasteiger partial charge in [0.15, 0.2) is 0 Å². The summed E-state index contributed by atoms with van der Waals surface area (Å²) in [5.74, 6) is -2.60. The third kappa shape index (κ3) is 4.75. The minimum Gasteiger partial charge on any atom is -0.367 e. The maximum absolute atomic E-state index is 14.1. The number of carbonyl (C=O) groups is 1. The third-order valence-electron chi connectivity index (χ3n) is 5.96. The molecular formula is C21H27F2IN6O. The van der Waals surface area contributed by atoms with Gasteiger partial charge in [-0.3, -0.25) is 22.8 Å². The molecule has 7 nitrogen and oxygen atoms in total. The fourth-order valence-corrected chi connectivity index (χ4v) is 5.09. The number of likely N-dealkylation sites (tertiary alicyclic amines) is 1. The first kappa shape index (κ1) is 22.5. The highest BCUT2D eigenvalue weighted by Gasteiger charge is 2.35. The normalized spacial score (nSPS) is 23.1. The largest absolute Gasteiger partial charge is 0.367 e. The molecule has 1 aromatic carbocycles. The Bertz CT molecular complexity index is 965. The molecule has 2 aromatic rings. The van der Waals surface area contributed by atoms with E-state index in [1.54, 1.807) is 9.18 Å². The van der Waals surface area contributed by atoms with Crippen molar-refractivity contribution in [2.45, 2.75) is 38.3 Å². The highest BCUT2D eigenvalue weighted by Crippen LogP contribution is 2.37. The van der Waals surface area contributed by atoms with Gasteiger partial charge in [-0.05, 0) is 24.5 Å². The number of hydrogen-bond acceptors (Lipinski definition) is 6. The number of rotatable bonds is 5. The zero-order chi connectivity index (χ0) is 22.3. The van der Waals surface area contributed by atoms with Crippen LogP contribution in [0, 0.1) is 5.92 Å². The van der Waals surface area contributed by atoms with Crippen molar-refractivity contribution in [3.05, 3.63) is 30.1 Å². The summed E-state index contributed by atoms with van der Waals surface area (Å²) >= 11 is 2.11. The van der Waals surface area contributed by atoms with Crippen LogP contribution in [0.25, 0.3) is 11.0 Å². The van der Waals surface area contributed by atoms with Gasteiger partial charge in [0.25, 0.3) is 5.92 Å². The highest BCUT2D eigenvalue weighted by atomic mass is 127. The van der Waals surface area contributed by atoms with Crippen molar-refractivity contribution in [2.75, 3.05) is 37.6 Å². The van der Waals surface area contributed by atoms with Gasteiger partial charge in [-0.15, -0.1) is 0 Å². The molecule has 1 amide bonds. The summed E-state index contributed by atoms with van der Waals surface area (Å²) in [5.41, 5.74) is 7.15. The molecule has 2 fully saturated rings. The molecule has 2 aliphatic heterocycles. The number of carbonyl (C=O) groups excluding carboxylic acids is 1. The monoisotopic (exact) mass is 544 g/mol. The van der Waals surface area contributed by atoms with Crippen molar-refractivity contribution in [3.63, 3.8) is 0 Å². The second-order valence-corrected chi connectivity index (χ2v) is 9.87. The van der Waals surface area contributed by atoms with Crippen LogP contribution in [0.4, 0.5) is 14.5 Å². The van der Waals surface area contributed by atoms with E-state index in [-0.39, 0.29) is 29.1 Å². The number of nitrogens with two attached hydrogens (primary N) is 1. The number of anilines is 1. The van der Waals surface area contributed by atoms with E-state index < -0.39 is 5.92 Å². The Morgan fingerprint density at radius 1 is 1.23 bits per heavy atom. The topological polar surface area (TPSA) is 78.6 Å². The maximum Gasteiger partial charge on any atom is 0.272 e. The Morgan fingerprint density at radius 2 is 1.90 bits per heavy atom. The molecule has 0 radical (unpaired) electrons. The minimum atomic E-state index is -3.00. The fraction of sp³-hybridized carbons (Fsp3) is 0.571. The molecule has 0 unspecified atom stereocenters. The molecule has 2 atom stereocenters. The first-order valence-corrected chi connectivity index (χ1v) is 11.4. The Labute approximate surface area is 194 Å². The summed E-state index contributed by atoms with van der Waals surface area (Å²) in [4.78, 5) is 25.6. The van der Waals surface area contributed by atoms with Crippen molar-refractivity contribution < 1.29 is 13.6 Å². The minimum absolute atomic E-state index is 0.0193. The average molecular weight is 544 g/mol. The quantitative estimate of drug-likeness (QED) is 0.461. The Hall–Kier alpha value is -1.66. The van der Waals surface area contributed by atoms with E-state index in [0.29, 0.717) is 24.5 Å². The van der Waals surface area contributed by atoms with Crippen LogP contribution in [0.5, 0.6) is 0 Å². The van der Waals surface area contributed by atoms with Gasteiger partial charge in [0.2, 0.25) is 5.91 Å². The van der Waals surface area contributed by atoms with Crippen LogP contribution in [0.15, 0.2) is 24.5 Å². The zero-order valence-electron chi connectivity index (χ0n) is 17.6. The number of nitrogens with zero attached hydrogens (tertiary/aromatic N) is 5. The van der Waals surface area contributed by atoms with E-state index in [9.17, 15) is 13.6 Å². The van der Waals surface area contributed by atoms with E-state index in [0.717, 1.165) is 38.7 Å². The average Bonchev–Trinajstić information content (AvgIpc) is 2.70. The molecule has 168 valence electrons. The van der Waals surface area contributed by atoms with Crippen LogP contribution < -0.4 is 10.6 Å². The number of halogens is 3. The molecule has 31 heavy (non-hydrogen) atoms. The van der Waals surface area contributed by atoms with Gasteiger partial charge < -0.3 is 10.6 Å². The molecule has 1 aromatic heterocycles. The second kappa shape index (κ2) is 8.70. The number of fused-ring (bicyclic) bond motifs is 1. The van der Waals surface area contributed by atoms with Crippen LogP contribution in [0.2, 0.25) is 0 Å². The fourth-order valence-electron chi connectivity index (χ4n) is 4.53. The lowest BCUT2D eigenvalue weighted by Gasteiger charge is -2.42. The highest BCUT2D eigenvalue weighted by molar-refractivity contribution is 14.1. The summed E-state index contributed by atoms with van der Waals surface area (Å²) in [7, 11) is 0. The standard InChI is InChI=1S/C21H27F2IN6O/c1-13-7-15(30(24)18(31)12-28-9-14(25)10-28)11-29(8-13)17-4-3-16(21(2,22)23)19-20(17)27-6-5-26-19/h3-6,13-15H,7-12,25H2,1-2H3/t13-,15+/m0/s1. The van der Waals surface area contributed by atoms with Gasteiger partial charge in [0.05, 0.1) is 46.7 Å². The van der Waals surface area contributed by atoms with Gasteiger partial charge in [-0.25, -0.2) is 8.78 Å². The van der Waals surface area contributed by atoms with Crippen LogP contribution in [-0.2, 0) is 10.7 Å².